The number of rotatable bonds is 7. The van der Waals surface area contributed by atoms with Crippen molar-refractivity contribution in [2.45, 2.75) is 50.0 Å². The summed E-state index contributed by atoms with van der Waals surface area (Å²) in [5.41, 5.74) is 0. The first kappa shape index (κ1) is 20.1. The van der Waals surface area contributed by atoms with Gasteiger partial charge in [-0.15, -0.1) is 10.2 Å². The minimum absolute atomic E-state index is 0.0533. The maximum atomic E-state index is 13.6. The lowest BCUT2D eigenvalue weighted by molar-refractivity contribution is -0.117. The number of urea groups is 1. The number of ether oxygens (including phenoxy) is 1. The van der Waals surface area contributed by atoms with Crippen molar-refractivity contribution in [1.29, 1.82) is 0 Å². The highest BCUT2D eigenvalue weighted by Gasteiger charge is 2.20. The van der Waals surface area contributed by atoms with Gasteiger partial charge in [0, 0.05) is 6.04 Å². The Labute approximate surface area is 165 Å². The normalized spacial score (nSPS) is 15.2. The van der Waals surface area contributed by atoms with Crippen LogP contribution >= 0.6 is 11.8 Å². The molecule has 0 spiro atoms. The lowest BCUT2D eigenvalue weighted by atomic mass is 10.2. The molecule has 0 aliphatic heterocycles. The van der Waals surface area contributed by atoms with Crippen molar-refractivity contribution in [3.05, 3.63) is 36.0 Å². The van der Waals surface area contributed by atoms with E-state index in [0.29, 0.717) is 0 Å². The highest BCUT2D eigenvalue weighted by atomic mass is 32.2. The third-order valence-corrected chi connectivity index (χ3v) is 5.00. The summed E-state index contributed by atoms with van der Waals surface area (Å²) in [5.74, 6) is -0.769. The van der Waals surface area contributed by atoms with Crippen LogP contribution in [0.15, 0.2) is 33.9 Å². The number of hydrogen-bond acceptors (Lipinski definition) is 7. The number of imide groups is 1. The Kier molecular flexibility index (Phi) is 6.85. The second kappa shape index (κ2) is 9.54. The highest BCUT2D eigenvalue weighted by molar-refractivity contribution is 7.99. The van der Waals surface area contributed by atoms with E-state index in [1.807, 2.05) is 0 Å². The molecule has 3 rings (SSSR count). The number of hydrogen-bond donors (Lipinski definition) is 2. The summed E-state index contributed by atoms with van der Waals surface area (Å²) in [7, 11) is 0. The molecule has 1 fully saturated rings. The van der Waals surface area contributed by atoms with Gasteiger partial charge in [0.15, 0.2) is 17.7 Å². The lowest BCUT2D eigenvalue weighted by Crippen LogP contribution is -2.44. The summed E-state index contributed by atoms with van der Waals surface area (Å²) in [6.07, 6.45) is 3.40. The van der Waals surface area contributed by atoms with Gasteiger partial charge >= 0.3 is 6.03 Å². The van der Waals surface area contributed by atoms with Crippen molar-refractivity contribution >= 4 is 23.7 Å². The summed E-state index contributed by atoms with van der Waals surface area (Å²) in [5, 5.41) is 12.9. The molecule has 0 saturated heterocycles. The molecule has 28 heavy (non-hydrogen) atoms. The molecule has 2 N–H and O–H groups in total. The van der Waals surface area contributed by atoms with Crippen LogP contribution in [0.25, 0.3) is 0 Å². The van der Waals surface area contributed by atoms with Gasteiger partial charge in [0.1, 0.15) is 0 Å². The number of carbonyl (C=O) groups is 2. The number of para-hydroxylation sites is 1. The van der Waals surface area contributed by atoms with Gasteiger partial charge in [0.2, 0.25) is 5.91 Å². The van der Waals surface area contributed by atoms with Gasteiger partial charge in [0.05, 0.1) is 5.75 Å². The quantitative estimate of drug-likeness (QED) is 0.678. The number of halogens is 1. The molecule has 1 aromatic carbocycles. The number of carbonyl (C=O) groups excluding carboxylic acids is 2. The van der Waals surface area contributed by atoms with E-state index in [-0.39, 0.29) is 28.7 Å². The average molecular weight is 408 g/mol. The van der Waals surface area contributed by atoms with E-state index in [4.69, 9.17) is 9.15 Å². The molecule has 10 heteroatoms. The van der Waals surface area contributed by atoms with E-state index in [1.165, 1.54) is 12.1 Å². The van der Waals surface area contributed by atoms with Gasteiger partial charge in [-0.2, -0.15) is 0 Å². The van der Waals surface area contributed by atoms with Crippen LogP contribution in [0.4, 0.5) is 9.18 Å². The molecule has 2 aromatic rings. The largest absolute Gasteiger partial charge is 0.478 e. The number of aromatic nitrogens is 2. The number of nitrogens with one attached hydrogen (secondary N) is 2. The van der Waals surface area contributed by atoms with Crippen LogP contribution in [0.3, 0.4) is 0 Å². The van der Waals surface area contributed by atoms with Crippen LogP contribution in [-0.2, 0) is 4.79 Å². The molecule has 1 saturated carbocycles. The number of thioether (sulfide) groups is 1. The van der Waals surface area contributed by atoms with Gasteiger partial charge < -0.3 is 14.5 Å². The predicted octanol–water partition coefficient (Wildman–Crippen LogP) is 3.21. The van der Waals surface area contributed by atoms with E-state index >= 15 is 0 Å². The molecule has 0 bridgehead atoms. The zero-order valence-corrected chi connectivity index (χ0v) is 16.1. The third-order valence-electron chi connectivity index (χ3n) is 4.18. The fraction of sp³-hybridized carbons (Fsp3) is 0.444. The van der Waals surface area contributed by atoms with E-state index in [2.05, 4.69) is 20.8 Å². The van der Waals surface area contributed by atoms with E-state index < -0.39 is 23.9 Å². The highest BCUT2D eigenvalue weighted by Crippen LogP contribution is 2.25. The zero-order chi connectivity index (χ0) is 19.9. The van der Waals surface area contributed by atoms with Crippen LogP contribution in [0, 0.1) is 5.82 Å². The Morgan fingerprint density at radius 3 is 2.82 bits per heavy atom. The van der Waals surface area contributed by atoms with Gasteiger partial charge in [0.25, 0.3) is 11.1 Å². The van der Waals surface area contributed by atoms with Crippen molar-refractivity contribution in [1.82, 2.24) is 20.8 Å². The minimum atomic E-state index is -0.662. The van der Waals surface area contributed by atoms with Crippen LogP contribution in [0.1, 0.15) is 44.6 Å². The standard InChI is InChI=1S/C18H21FN4O4S/c1-11(26-14-9-5-4-8-13(14)19)16-22-23-18(27-16)28-10-15(24)21-17(25)20-12-6-2-3-7-12/h4-5,8-9,11-12H,2-3,6-7,10H2,1H3,(H2,20,21,24,25)/t11-/m0/s1. The second-order valence-electron chi connectivity index (χ2n) is 6.39. The van der Waals surface area contributed by atoms with Crippen LogP contribution in [0.5, 0.6) is 5.75 Å². The van der Waals surface area contributed by atoms with Crippen molar-refractivity contribution < 1.29 is 23.1 Å². The monoisotopic (exact) mass is 408 g/mol. The summed E-state index contributed by atoms with van der Waals surface area (Å²) < 4.78 is 24.5. The summed E-state index contributed by atoms with van der Waals surface area (Å²) in [6, 6.07) is 5.65. The van der Waals surface area contributed by atoms with Gasteiger partial charge in [-0.25, -0.2) is 9.18 Å². The molecule has 1 aromatic heterocycles. The first-order chi connectivity index (χ1) is 13.5. The van der Waals surface area contributed by atoms with Crippen LogP contribution in [0.2, 0.25) is 0 Å². The zero-order valence-electron chi connectivity index (χ0n) is 15.3. The van der Waals surface area contributed by atoms with Gasteiger partial charge in [-0.3, -0.25) is 10.1 Å². The molecular weight excluding hydrogens is 387 g/mol. The number of amides is 3. The van der Waals surface area contributed by atoms with Crippen molar-refractivity contribution in [2.75, 3.05) is 5.75 Å². The van der Waals surface area contributed by atoms with E-state index in [9.17, 15) is 14.0 Å². The molecule has 1 heterocycles. The van der Waals surface area contributed by atoms with Gasteiger partial charge in [-0.05, 0) is 31.9 Å². The number of nitrogens with zero attached hydrogens (tertiary/aromatic N) is 2. The summed E-state index contributed by atoms with van der Waals surface area (Å²) in [6.45, 7) is 1.65. The Morgan fingerprint density at radius 2 is 2.07 bits per heavy atom. The Balaban J connectivity index is 1.44. The van der Waals surface area contributed by atoms with Crippen LogP contribution < -0.4 is 15.4 Å². The molecule has 0 unspecified atom stereocenters. The minimum Gasteiger partial charge on any atom is -0.478 e. The molecule has 1 atom stereocenters. The maximum Gasteiger partial charge on any atom is 0.321 e. The predicted molar refractivity (Wildman–Crippen MR) is 99.4 cm³/mol. The fourth-order valence-corrected chi connectivity index (χ4v) is 3.38. The van der Waals surface area contributed by atoms with E-state index in [0.717, 1.165) is 37.4 Å². The second-order valence-corrected chi connectivity index (χ2v) is 7.31. The molecule has 150 valence electrons. The van der Waals surface area contributed by atoms with Crippen molar-refractivity contribution in [3.63, 3.8) is 0 Å². The first-order valence-corrected chi connectivity index (χ1v) is 9.97. The maximum absolute atomic E-state index is 13.6. The van der Waals surface area contributed by atoms with Gasteiger partial charge in [-0.1, -0.05) is 36.7 Å². The Morgan fingerprint density at radius 1 is 1.32 bits per heavy atom. The number of benzene rings is 1. The lowest BCUT2D eigenvalue weighted by Gasteiger charge is -2.11. The Bertz CT molecular complexity index is 825. The average Bonchev–Trinajstić information content (AvgIpc) is 3.33. The molecule has 3 amide bonds. The molecule has 1 aliphatic rings. The smallest absolute Gasteiger partial charge is 0.321 e. The molecule has 0 radical (unpaired) electrons. The third kappa shape index (κ3) is 5.69. The summed E-state index contributed by atoms with van der Waals surface area (Å²) in [4.78, 5) is 23.6. The van der Waals surface area contributed by atoms with Crippen LogP contribution in [-0.4, -0.2) is 33.9 Å². The SMILES string of the molecule is C[C@H](Oc1ccccc1F)c1nnc(SCC(=O)NC(=O)NC2CCCC2)o1. The Hall–Kier alpha value is -2.62. The molecule has 1 aliphatic carbocycles. The molecule has 8 nitrogen and oxygen atoms in total. The van der Waals surface area contributed by atoms with E-state index in [1.54, 1.807) is 19.1 Å². The fourth-order valence-electron chi connectivity index (χ4n) is 2.81. The first-order valence-electron chi connectivity index (χ1n) is 8.99. The topological polar surface area (TPSA) is 106 Å². The summed E-state index contributed by atoms with van der Waals surface area (Å²) >= 11 is 0.999. The molecular formula is C18H21FN4O4S. The van der Waals surface area contributed by atoms with Crippen molar-refractivity contribution in [3.8, 4) is 5.75 Å². The van der Waals surface area contributed by atoms with Crippen molar-refractivity contribution in [2.24, 2.45) is 0 Å².